The normalized spacial score (nSPS) is 11.2. The van der Waals surface area contributed by atoms with Crippen LogP contribution in [0.3, 0.4) is 0 Å². The van der Waals surface area contributed by atoms with Crippen molar-refractivity contribution < 1.29 is 0 Å². The largest absolute Gasteiger partial charge is 0.331 e. The average Bonchev–Trinajstić information content (AvgIpc) is 2.77. The van der Waals surface area contributed by atoms with Gasteiger partial charge in [-0.2, -0.15) is 0 Å². The number of benzene rings is 1. The summed E-state index contributed by atoms with van der Waals surface area (Å²) in [4.78, 5) is 4.28. The van der Waals surface area contributed by atoms with Crippen LogP contribution in [0, 0.1) is 6.92 Å². The van der Waals surface area contributed by atoms with Crippen molar-refractivity contribution in [2.24, 2.45) is 0 Å². The van der Waals surface area contributed by atoms with Gasteiger partial charge in [0.05, 0.1) is 0 Å². The Bertz CT molecular complexity index is 514. The quantitative estimate of drug-likeness (QED) is 0.862. The van der Waals surface area contributed by atoms with Crippen LogP contribution in [-0.2, 0) is 13.0 Å². The Labute approximate surface area is 115 Å². The van der Waals surface area contributed by atoms with E-state index in [1.54, 1.807) is 0 Å². The second-order valence-electron chi connectivity index (χ2n) is 5.23. The lowest BCUT2D eigenvalue weighted by Crippen LogP contribution is -2.25. The van der Waals surface area contributed by atoms with E-state index < -0.39 is 0 Å². The SMILES string of the molecule is Cc1nccn1Cc1ccccc1CCNC(C)C. The summed E-state index contributed by atoms with van der Waals surface area (Å²) in [6.45, 7) is 8.34. The molecule has 0 amide bonds. The number of aromatic nitrogens is 2. The Kier molecular flexibility index (Phi) is 4.74. The molecule has 102 valence electrons. The molecule has 1 N–H and O–H groups in total. The first-order valence-corrected chi connectivity index (χ1v) is 6.94. The van der Waals surface area contributed by atoms with Crippen molar-refractivity contribution >= 4 is 0 Å². The Balaban J connectivity index is 2.06. The predicted octanol–water partition coefficient (Wildman–Crippen LogP) is 2.78. The number of aryl methyl sites for hydroxylation is 1. The molecule has 0 spiro atoms. The second kappa shape index (κ2) is 6.53. The summed E-state index contributed by atoms with van der Waals surface area (Å²) in [6.07, 6.45) is 4.97. The van der Waals surface area contributed by atoms with Crippen LogP contribution in [0.15, 0.2) is 36.7 Å². The molecule has 19 heavy (non-hydrogen) atoms. The van der Waals surface area contributed by atoms with Crippen LogP contribution >= 0.6 is 0 Å². The summed E-state index contributed by atoms with van der Waals surface area (Å²) < 4.78 is 2.19. The summed E-state index contributed by atoms with van der Waals surface area (Å²) in [5.41, 5.74) is 2.80. The number of imidazole rings is 1. The maximum absolute atomic E-state index is 4.28. The molecule has 0 bridgehead atoms. The first-order chi connectivity index (χ1) is 9.16. The number of nitrogens with zero attached hydrogens (tertiary/aromatic N) is 2. The van der Waals surface area contributed by atoms with E-state index in [9.17, 15) is 0 Å². The maximum Gasteiger partial charge on any atom is 0.105 e. The smallest absolute Gasteiger partial charge is 0.105 e. The summed E-state index contributed by atoms with van der Waals surface area (Å²) in [7, 11) is 0. The van der Waals surface area contributed by atoms with Crippen LogP contribution in [0.4, 0.5) is 0 Å². The van der Waals surface area contributed by atoms with Crippen LogP contribution in [0.5, 0.6) is 0 Å². The van der Waals surface area contributed by atoms with Gasteiger partial charge in [0.2, 0.25) is 0 Å². The number of hydrogen-bond acceptors (Lipinski definition) is 2. The molecule has 3 heteroatoms. The molecule has 3 nitrogen and oxygen atoms in total. The first-order valence-electron chi connectivity index (χ1n) is 6.94. The van der Waals surface area contributed by atoms with Gasteiger partial charge in [-0.1, -0.05) is 38.1 Å². The van der Waals surface area contributed by atoms with Crippen LogP contribution < -0.4 is 5.32 Å². The van der Waals surface area contributed by atoms with Crippen molar-refractivity contribution in [2.75, 3.05) is 6.54 Å². The van der Waals surface area contributed by atoms with Gasteiger partial charge in [-0.05, 0) is 31.0 Å². The van der Waals surface area contributed by atoms with Crippen molar-refractivity contribution in [1.29, 1.82) is 0 Å². The highest BCUT2D eigenvalue weighted by atomic mass is 15.0. The van der Waals surface area contributed by atoms with Crippen molar-refractivity contribution in [3.8, 4) is 0 Å². The fraction of sp³-hybridized carbons (Fsp3) is 0.438. The van der Waals surface area contributed by atoms with Gasteiger partial charge in [0.25, 0.3) is 0 Å². The lowest BCUT2D eigenvalue weighted by Gasteiger charge is -2.13. The van der Waals surface area contributed by atoms with E-state index in [1.807, 2.05) is 19.3 Å². The standard InChI is InChI=1S/C16H23N3/c1-13(2)17-9-8-15-6-4-5-7-16(15)12-19-11-10-18-14(19)3/h4-7,10-11,13,17H,8-9,12H2,1-3H3. The Morgan fingerprint density at radius 3 is 2.58 bits per heavy atom. The van der Waals surface area contributed by atoms with Crippen molar-refractivity contribution in [2.45, 2.75) is 39.8 Å². The lowest BCUT2D eigenvalue weighted by molar-refractivity contribution is 0.588. The van der Waals surface area contributed by atoms with Gasteiger partial charge in [-0.15, -0.1) is 0 Å². The van der Waals surface area contributed by atoms with Gasteiger partial charge in [0.15, 0.2) is 0 Å². The van der Waals surface area contributed by atoms with Gasteiger partial charge in [-0.3, -0.25) is 0 Å². The molecular formula is C16H23N3. The molecule has 0 saturated carbocycles. The van der Waals surface area contributed by atoms with Crippen LogP contribution in [0.1, 0.15) is 30.8 Å². The molecule has 2 rings (SSSR count). The van der Waals surface area contributed by atoms with E-state index in [0.717, 1.165) is 25.3 Å². The minimum Gasteiger partial charge on any atom is -0.331 e. The van der Waals surface area contributed by atoms with Gasteiger partial charge >= 0.3 is 0 Å². The molecule has 0 fully saturated rings. The highest BCUT2D eigenvalue weighted by Gasteiger charge is 2.04. The Morgan fingerprint density at radius 2 is 1.95 bits per heavy atom. The molecule has 1 heterocycles. The van der Waals surface area contributed by atoms with Gasteiger partial charge in [0, 0.05) is 25.0 Å². The highest BCUT2D eigenvalue weighted by molar-refractivity contribution is 5.28. The van der Waals surface area contributed by atoms with Crippen molar-refractivity contribution in [3.05, 3.63) is 53.6 Å². The van der Waals surface area contributed by atoms with E-state index in [2.05, 4.69) is 53.0 Å². The summed E-state index contributed by atoms with van der Waals surface area (Å²) in [5.74, 6) is 1.06. The second-order valence-corrected chi connectivity index (χ2v) is 5.23. The summed E-state index contributed by atoms with van der Waals surface area (Å²) >= 11 is 0. The maximum atomic E-state index is 4.28. The summed E-state index contributed by atoms with van der Waals surface area (Å²) in [5, 5.41) is 3.47. The third kappa shape index (κ3) is 3.93. The minimum atomic E-state index is 0.544. The van der Waals surface area contributed by atoms with Gasteiger partial charge in [-0.25, -0.2) is 4.98 Å². The zero-order chi connectivity index (χ0) is 13.7. The molecule has 1 aromatic carbocycles. The number of hydrogen-bond donors (Lipinski definition) is 1. The van der Waals surface area contributed by atoms with Crippen LogP contribution in [0.25, 0.3) is 0 Å². The Morgan fingerprint density at radius 1 is 1.21 bits per heavy atom. The van der Waals surface area contributed by atoms with Gasteiger partial charge in [0.1, 0.15) is 5.82 Å². The topological polar surface area (TPSA) is 29.9 Å². The first kappa shape index (κ1) is 13.8. The molecule has 1 aromatic heterocycles. The highest BCUT2D eigenvalue weighted by Crippen LogP contribution is 2.12. The van der Waals surface area contributed by atoms with E-state index in [-0.39, 0.29) is 0 Å². The molecule has 2 aromatic rings. The zero-order valence-electron chi connectivity index (χ0n) is 12.1. The van der Waals surface area contributed by atoms with Crippen LogP contribution in [0.2, 0.25) is 0 Å². The molecule has 0 aliphatic rings. The molecule has 0 radical (unpaired) electrons. The van der Waals surface area contributed by atoms with Crippen LogP contribution in [-0.4, -0.2) is 22.1 Å². The fourth-order valence-electron chi connectivity index (χ4n) is 2.21. The summed E-state index contributed by atoms with van der Waals surface area (Å²) in [6, 6.07) is 9.21. The fourth-order valence-corrected chi connectivity index (χ4v) is 2.21. The zero-order valence-corrected chi connectivity index (χ0v) is 12.1. The van der Waals surface area contributed by atoms with E-state index >= 15 is 0 Å². The monoisotopic (exact) mass is 257 g/mol. The molecule has 0 unspecified atom stereocenters. The van der Waals surface area contributed by atoms with E-state index in [1.165, 1.54) is 11.1 Å². The Hall–Kier alpha value is -1.61. The predicted molar refractivity (Wildman–Crippen MR) is 79.4 cm³/mol. The third-order valence-corrected chi connectivity index (χ3v) is 3.33. The van der Waals surface area contributed by atoms with E-state index in [0.29, 0.717) is 6.04 Å². The molecule has 0 aliphatic heterocycles. The average molecular weight is 257 g/mol. The third-order valence-electron chi connectivity index (χ3n) is 3.33. The van der Waals surface area contributed by atoms with Crippen molar-refractivity contribution in [3.63, 3.8) is 0 Å². The molecular weight excluding hydrogens is 234 g/mol. The van der Waals surface area contributed by atoms with Gasteiger partial charge < -0.3 is 9.88 Å². The lowest BCUT2D eigenvalue weighted by atomic mass is 10.0. The molecule has 0 saturated heterocycles. The molecule has 0 atom stereocenters. The van der Waals surface area contributed by atoms with E-state index in [4.69, 9.17) is 0 Å². The van der Waals surface area contributed by atoms with Crippen molar-refractivity contribution in [1.82, 2.24) is 14.9 Å². The number of rotatable bonds is 6. The molecule has 0 aliphatic carbocycles. The minimum absolute atomic E-state index is 0.544. The number of nitrogens with one attached hydrogen (secondary N) is 1.